The van der Waals surface area contributed by atoms with E-state index < -0.39 is 14.9 Å². The molecule has 28 heavy (non-hydrogen) atoms. The third-order valence-electron chi connectivity index (χ3n) is 4.65. The summed E-state index contributed by atoms with van der Waals surface area (Å²) in [4.78, 5) is 17.2. The predicted molar refractivity (Wildman–Crippen MR) is 103 cm³/mol. The molecule has 0 spiro atoms. The number of piperazine rings is 1. The second kappa shape index (κ2) is 6.79. The summed E-state index contributed by atoms with van der Waals surface area (Å²) >= 11 is 1.36. The molecule has 1 saturated heterocycles. The smallest absolute Gasteiger partial charge is 0.270 e. The molecule has 10 nitrogen and oxygen atoms in total. The van der Waals surface area contributed by atoms with Gasteiger partial charge in [-0.15, -0.1) is 0 Å². The van der Waals surface area contributed by atoms with Crippen LogP contribution in [0.1, 0.15) is 11.5 Å². The van der Waals surface area contributed by atoms with Gasteiger partial charge in [-0.1, -0.05) is 16.5 Å². The van der Waals surface area contributed by atoms with Crippen molar-refractivity contribution in [1.82, 2.24) is 14.4 Å². The van der Waals surface area contributed by atoms with Gasteiger partial charge in [-0.05, 0) is 19.9 Å². The van der Waals surface area contributed by atoms with Crippen molar-refractivity contribution < 1.29 is 17.9 Å². The number of anilines is 1. The molecule has 1 aliphatic heterocycles. The molecule has 0 aliphatic carbocycles. The maximum Gasteiger partial charge on any atom is 0.270 e. The third kappa shape index (κ3) is 3.12. The average Bonchev–Trinajstić information content (AvgIpc) is 3.24. The highest BCUT2D eigenvalue weighted by Crippen LogP contribution is 2.32. The summed E-state index contributed by atoms with van der Waals surface area (Å²) in [5.41, 5.74) is 1.07. The first-order valence-electron chi connectivity index (χ1n) is 8.50. The zero-order valence-corrected chi connectivity index (χ0v) is 16.8. The van der Waals surface area contributed by atoms with E-state index in [-0.39, 0.29) is 16.3 Å². The topological polar surface area (TPSA) is 123 Å². The summed E-state index contributed by atoms with van der Waals surface area (Å²) in [6.45, 7) is 4.77. The number of benzene rings is 1. The van der Waals surface area contributed by atoms with Crippen LogP contribution in [0.3, 0.4) is 0 Å². The first kappa shape index (κ1) is 18.8. The fourth-order valence-corrected chi connectivity index (χ4v) is 6.01. The molecule has 2 aromatic heterocycles. The van der Waals surface area contributed by atoms with Crippen LogP contribution in [0.2, 0.25) is 0 Å². The summed E-state index contributed by atoms with van der Waals surface area (Å²) in [6.07, 6.45) is 0. The number of hydrogen-bond donors (Lipinski definition) is 0. The largest absolute Gasteiger partial charge is 0.360 e. The molecule has 1 aromatic carbocycles. The molecule has 148 valence electrons. The van der Waals surface area contributed by atoms with Crippen LogP contribution >= 0.6 is 11.3 Å². The van der Waals surface area contributed by atoms with Crippen LogP contribution in [0.5, 0.6) is 0 Å². The van der Waals surface area contributed by atoms with Gasteiger partial charge in [0.05, 0.1) is 15.1 Å². The van der Waals surface area contributed by atoms with E-state index in [2.05, 4.69) is 10.1 Å². The lowest BCUT2D eigenvalue weighted by Crippen LogP contribution is -2.48. The number of aryl methyl sites for hydroxylation is 2. The monoisotopic (exact) mass is 423 g/mol. The first-order valence-corrected chi connectivity index (χ1v) is 10.8. The van der Waals surface area contributed by atoms with Crippen molar-refractivity contribution in [2.24, 2.45) is 0 Å². The maximum absolute atomic E-state index is 12.9. The Labute approximate surface area is 164 Å². The molecular weight excluding hydrogens is 406 g/mol. The van der Waals surface area contributed by atoms with Gasteiger partial charge in [0.15, 0.2) is 10.9 Å². The summed E-state index contributed by atoms with van der Waals surface area (Å²) in [6, 6.07) is 4.57. The number of non-ortho nitro benzene ring substituents is 1. The lowest BCUT2D eigenvalue weighted by molar-refractivity contribution is -0.384. The van der Waals surface area contributed by atoms with Gasteiger partial charge in [-0.25, -0.2) is 13.4 Å². The molecule has 1 fully saturated rings. The van der Waals surface area contributed by atoms with E-state index >= 15 is 0 Å². The summed E-state index contributed by atoms with van der Waals surface area (Å²) in [7, 11) is -3.67. The summed E-state index contributed by atoms with van der Waals surface area (Å²) in [5, 5.41) is 15.4. The van der Waals surface area contributed by atoms with Gasteiger partial charge in [0.25, 0.3) is 5.69 Å². The van der Waals surface area contributed by atoms with E-state index in [9.17, 15) is 18.5 Å². The van der Waals surface area contributed by atoms with Gasteiger partial charge < -0.3 is 9.42 Å². The normalized spacial score (nSPS) is 16.0. The Balaban J connectivity index is 1.53. The van der Waals surface area contributed by atoms with Crippen molar-refractivity contribution in [1.29, 1.82) is 0 Å². The number of nitrogens with zero attached hydrogens (tertiary/aromatic N) is 5. The number of fused-ring (bicyclic) bond motifs is 1. The van der Waals surface area contributed by atoms with Gasteiger partial charge in [0, 0.05) is 38.3 Å². The van der Waals surface area contributed by atoms with Crippen LogP contribution in [0.4, 0.5) is 10.8 Å². The number of nitro groups is 1. The molecule has 0 atom stereocenters. The zero-order valence-electron chi connectivity index (χ0n) is 15.2. The summed E-state index contributed by atoms with van der Waals surface area (Å²) in [5.74, 6) is 0.285. The Hall–Kier alpha value is -2.57. The molecule has 3 aromatic rings. The fraction of sp³-hybridized carbons (Fsp3) is 0.375. The van der Waals surface area contributed by atoms with Crippen molar-refractivity contribution in [2.45, 2.75) is 18.7 Å². The minimum absolute atomic E-state index is 0.0260. The number of thiazole rings is 1. The number of sulfonamides is 1. The average molecular weight is 423 g/mol. The SMILES string of the molecule is Cc1noc(C)c1S(=O)(=O)N1CCN(c2nc3ccc([N+](=O)[O-])cc3s2)CC1. The Morgan fingerprint density at radius 2 is 1.93 bits per heavy atom. The highest BCUT2D eigenvalue weighted by atomic mass is 32.2. The van der Waals surface area contributed by atoms with Crippen molar-refractivity contribution in [3.8, 4) is 0 Å². The van der Waals surface area contributed by atoms with Crippen LogP contribution < -0.4 is 4.90 Å². The molecule has 0 saturated carbocycles. The van der Waals surface area contributed by atoms with Gasteiger partial charge in [0.1, 0.15) is 10.6 Å². The Morgan fingerprint density at radius 1 is 1.21 bits per heavy atom. The maximum atomic E-state index is 12.9. The van der Waals surface area contributed by atoms with Crippen molar-refractivity contribution in [3.05, 3.63) is 39.8 Å². The van der Waals surface area contributed by atoms with Gasteiger partial charge >= 0.3 is 0 Å². The highest BCUT2D eigenvalue weighted by molar-refractivity contribution is 7.89. The van der Waals surface area contributed by atoms with E-state index in [4.69, 9.17) is 4.52 Å². The minimum Gasteiger partial charge on any atom is -0.360 e. The van der Waals surface area contributed by atoms with E-state index in [1.165, 1.54) is 27.8 Å². The number of aromatic nitrogens is 2. The second-order valence-corrected chi connectivity index (χ2v) is 9.33. The van der Waals surface area contributed by atoms with Gasteiger partial charge in [-0.3, -0.25) is 10.1 Å². The quantitative estimate of drug-likeness (QED) is 0.463. The summed E-state index contributed by atoms with van der Waals surface area (Å²) < 4.78 is 33.0. The van der Waals surface area contributed by atoms with Crippen LogP contribution in [0, 0.1) is 24.0 Å². The molecule has 1 aliphatic rings. The molecule has 3 heterocycles. The highest BCUT2D eigenvalue weighted by Gasteiger charge is 2.33. The van der Waals surface area contributed by atoms with E-state index in [0.717, 1.165) is 9.83 Å². The number of hydrogen-bond acceptors (Lipinski definition) is 9. The Morgan fingerprint density at radius 3 is 2.54 bits per heavy atom. The molecule has 4 rings (SSSR count). The van der Waals surface area contributed by atoms with Crippen molar-refractivity contribution in [2.75, 3.05) is 31.1 Å². The molecule has 0 N–H and O–H groups in total. The van der Waals surface area contributed by atoms with Crippen LogP contribution in [-0.4, -0.2) is 54.0 Å². The van der Waals surface area contributed by atoms with E-state index in [0.29, 0.717) is 37.4 Å². The van der Waals surface area contributed by atoms with E-state index in [1.54, 1.807) is 19.9 Å². The second-order valence-electron chi connectivity index (χ2n) is 6.45. The molecule has 0 unspecified atom stereocenters. The molecule has 0 radical (unpaired) electrons. The minimum atomic E-state index is -3.67. The van der Waals surface area contributed by atoms with Crippen LogP contribution in [-0.2, 0) is 10.0 Å². The molecule has 12 heteroatoms. The predicted octanol–water partition coefficient (Wildman–Crippen LogP) is 2.32. The van der Waals surface area contributed by atoms with Crippen LogP contribution in [0.15, 0.2) is 27.6 Å². The van der Waals surface area contributed by atoms with Crippen LogP contribution in [0.25, 0.3) is 10.2 Å². The van der Waals surface area contributed by atoms with Gasteiger partial charge in [-0.2, -0.15) is 4.31 Å². The Kier molecular flexibility index (Phi) is 4.56. The number of nitro benzene ring substituents is 1. The molecule has 0 amide bonds. The van der Waals surface area contributed by atoms with Crippen molar-refractivity contribution >= 4 is 42.4 Å². The van der Waals surface area contributed by atoms with Crippen molar-refractivity contribution in [3.63, 3.8) is 0 Å². The zero-order chi connectivity index (χ0) is 20.1. The lowest BCUT2D eigenvalue weighted by Gasteiger charge is -2.33. The first-order chi connectivity index (χ1) is 13.3. The third-order valence-corrected chi connectivity index (χ3v) is 7.87. The standard InChI is InChI=1S/C16H17N5O5S2/c1-10-15(11(2)26-18-10)28(24,25)20-7-5-19(6-8-20)16-17-13-4-3-12(21(22)23)9-14(13)27-16/h3-4,9H,5-8H2,1-2H3. The molecule has 0 bridgehead atoms. The molecular formula is C16H17N5O5S2. The lowest BCUT2D eigenvalue weighted by atomic mass is 10.3. The Bertz CT molecular complexity index is 1140. The number of rotatable bonds is 4. The fourth-order valence-electron chi connectivity index (χ4n) is 3.24. The van der Waals surface area contributed by atoms with E-state index in [1.807, 2.05) is 4.90 Å². The van der Waals surface area contributed by atoms with Gasteiger partial charge in [0.2, 0.25) is 10.0 Å².